The molecule has 1 atom stereocenters. The molecule has 0 fully saturated rings. The summed E-state index contributed by atoms with van der Waals surface area (Å²) in [5.74, 6) is -0.906. The van der Waals surface area contributed by atoms with Crippen molar-refractivity contribution in [2.75, 3.05) is 0 Å². The lowest BCUT2D eigenvalue weighted by atomic mass is 10.1. The molecule has 1 heterocycles. The zero-order valence-corrected chi connectivity index (χ0v) is 11.4. The number of halogens is 2. The third kappa shape index (κ3) is 2.99. The van der Waals surface area contributed by atoms with Crippen LogP contribution >= 0.6 is 0 Å². The highest BCUT2D eigenvalue weighted by molar-refractivity contribution is 5.52. The van der Waals surface area contributed by atoms with E-state index in [0.29, 0.717) is 5.82 Å². The van der Waals surface area contributed by atoms with Crippen molar-refractivity contribution >= 4 is 0 Å². The standard InChI is InChI=1S/C15H12F2N4O/c16-11-6-7-13(17)12(8-11)14(22)9-21-19-15(18-20-21)10-4-2-1-3-5-10/h1-8,14,22H,9H2/t14-/m0/s1. The Morgan fingerprint density at radius 2 is 1.86 bits per heavy atom. The lowest BCUT2D eigenvalue weighted by Gasteiger charge is -2.10. The van der Waals surface area contributed by atoms with Crippen LogP contribution in [0.4, 0.5) is 8.78 Å². The molecule has 0 saturated heterocycles. The molecule has 5 nitrogen and oxygen atoms in total. The topological polar surface area (TPSA) is 63.8 Å². The molecule has 0 bridgehead atoms. The summed E-state index contributed by atoms with van der Waals surface area (Å²) in [5.41, 5.74) is 0.638. The van der Waals surface area contributed by atoms with Gasteiger partial charge in [-0.1, -0.05) is 30.3 Å². The van der Waals surface area contributed by atoms with Gasteiger partial charge in [-0.15, -0.1) is 10.2 Å². The first-order valence-electron chi connectivity index (χ1n) is 6.60. The maximum absolute atomic E-state index is 13.6. The molecule has 0 spiro atoms. The van der Waals surface area contributed by atoms with Crippen LogP contribution in [0.3, 0.4) is 0 Å². The molecule has 22 heavy (non-hydrogen) atoms. The summed E-state index contributed by atoms with van der Waals surface area (Å²) >= 11 is 0. The summed E-state index contributed by atoms with van der Waals surface area (Å²) in [7, 11) is 0. The second kappa shape index (κ2) is 5.98. The van der Waals surface area contributed by atoms with E-state index in [-0.39, 0.29) is 12.1 Å². The van der Waals surface area contributed by atoms with Crippen molar-refractivity contribution in [3.05, 3.63) is 65.7 Å². The maximum Gasteiger partial charge on any atom is 0.204 e. The van der Waals surface area contributed by atoms with Crippen molar-refractivity contribution in [1.82, 2.24) is 20.2 Å². The Balaban J connectivity index is 1.79. The van der Waals surface area contributed by atoms with Crippen molar-refractivity contribution < 1.29 is 13.9 Å². The van der Waals surface area contributed by atoms with Gasteiger partial charge in [0.15, 0.2) is 0 Å². The van der Waals surface area contributed by atoms with Crippen LogP contribution in [0.25, 0.3) is 11.4 Å². The van der Waals surface area contributed by atoms with E-state index in [2.05, 4.69) is 15.4 Å². The number of benzene rings is 2. The van der Waals surface area contributed by atoms with Crippen LogP contribution in [0.15, 0.2) is 48.5 Å². The predicted octanol–water partition coefficient (Wildman–Crippen LogP) is 2.35. The normalized spacial score (nSPS) is 12.3. The Morgan fingerprint density at radius 3 is 2.64 bits per heavy atom. The lowest BCUT2D eigenvalue weighted by Crippen LogP contribution is -2.13. The smallest absolute Gasteiger partial charge is 0.204 e. The van der Waals surface area contributed by atoms with Crippen molar-refractivity contribution in [1.29, 1.82) is 0 Å². The monoisotopic (exact) mass is 302 g/mol. The van der Waals surface area contributed by atoms with Gasteiger partial charge in [0.1, 0.15) is 17.7 Å². The van der Waals surface area contributed by atoms with Gasteiger partial charge in [-0.25, -0.2) is 8.78 Å². The summed E-state index contributed by atoms with van der Waals surface area (Å²) in [5, 5.41) is 21.8. The second-order valence-electron chi connectivity index (χ2n) is 4.72. The minimum absolute atomic E-state index is 0.125. The van der Waals surface area contributed by atoms with Crippen LogP contribution < -0.4 is 0 Å². The number of nitrogens with zero attached hydrogens (tertiary/aromatic N) is 4. The molecule has 7 heteroatoms. The Morgan fingerprint density at radius 1 is 1.09 bits per heavy atom. The van der Waals surface area contributed by atoms with E-state index in [4.69, 9.17) is 0 Å². The maximum atomic E-state index is 13.6. The number of aliphatic hydroxyl groups is 1. The minimum atomic E-state index is -1.27. The Labute approximate surface area is 124 Å². The van der Waals surface area contributed by atoms with Gasteiger partial charge in [-0.2, -0.15) is 4.80 Å². The van der Waals surface area contributed by atoms with Crippen LogP contribution in [0.2, 0.25) is 0 Å². The average molecular weight is 302 g/mol. The van der Waals surface area contributed by atoms with E-state index in [1.165, 1.54) is 0 Å². The molecule has 3 aromatic rings. The van der Waals surface area contributed by atoms with Crippen LogP contribution in [-0.4, -0.2) is 25.3 Å². The summed E-state index contributed by atoms with van der Waals surface area (Å²) in [6.07, 6.45) is -1.27. The fourth-order valence-electron chi connectivity index (χ4n) is 2.05. The van der Waals surface area contributed by atoms with E-state index >= 15 is 0 Å². The molecule has 0 saturated carbocycles. The SMILES string of the molecule is O[C@@H](Cn1nnc(-c2ccccc2)n1)c1cc(F)ccc1F. The van der Waals surface area contributed by atoms with E-state index in [0.717, 1.165) is 28.6 Å². The number of aliphatic hydroxyl groups excluding tert-OH is 1. The fraction of sp³-hybridized carbons (Fsp3) is 0.133. The molecule has 2 aromatic carbocycles. The summed E-state index contributed by atoms with van der Waals surface area (Å²) in [6.45, 7) is -0.125. The summed E-state index contributed by atoms with van der Waals surface area (Å²) < 4.78 is 26.7. The van der Waals surface area contributed by atoms with Crippen molar-refractivity contribution in [3.63, 3.8) is 0 Å². The number of hydrogen-bond acceptors (Lipinski definition) is 4. The van der Waals surface area contributed by atoms with Crippen LogP contribution in [0.1, 0.15) is 11.7 Å². The van der Waals surface area contributed by atoms with Crippen molar-refractivity contribution in [2.24, 2.45) is 0 Å². The molecule has 0 radical (unpaired) electrons. The Hall–Kier alpha value is -2.67. The summed E-state index contributed by atoms with van der Waals surface area (Å²) in [4.78, 5) is 1.15. The largest absolute Gasteiger partial charge is 0.386 e. The number of hydrogen-bond donors (Lipinski definition) is 1. The summed E-state index contributed by atoms with van der Waals surface area (Å²) in [6, 6.07) is 12.1. The van der Waals surface area contributed by atoms with Gasteiger partial charge in [0.05, 0.1) is 6.54 Å². The van der Waals surface area contributed by atoms with Gasteiger partial charge in [-0.3, -0.25) is 0 Å². The molecular formula is C15H12F2N4O. The second-order valence-corrected chi connectivity index (χ2v) is 4.72. The molecule has 112 valence electrons. The molecule has 1 N–H and O–H groups in total. The van der Waals surface area contributed by atoms with Crippen molar-refractivity contribution in [2.45, 2.75) is 12.6 Å². The van der Waals surface area contributed by atoms with Crippen LogP contribution in [-0.2, 0) is 6.54 Å². The molecule has 0 aliphatic carbocycles. The van der Waals surface area contributed by atoms with Gasteiger partial charge in [0, 0.05) is 11.1 Å². The fourth-order valence-corrected chi connectivity index (χ4v) is 2.05. The molecule has 3 rings (SSSR count). The Kier molecular flexibility index (Phi) is 3.88. The molecule has 0 unspecified atom stereocenters. The average Bonchev–Trinajstić information content (AvgIpc) is 2.99. The van der Waals surface area contributed by atoms with E-state index in [9.17, 15) is 13.9 Å². The van der Waals surface area contributed by atoms with Gasteiger partial charge in [0.25, 0.3) is 0 Å². The van der Waals surface area contributed by atoms with E-state index in [1.807, 2.05) is 30.3 Å². The van der Waals surface area contributed by atoms with Gasteiger partial charge in [0.2, 0.25) is 5.82 Å². The first kappa shape index (κ1) is 14.3. The minimum Gasteiger partial charge on any atom is -0.386 e. The highest BCUT2D eigenvalue weighted by Crippen LogP contribution is 2.20. The van der Waals surface area contributed by atoms with Gasteiger partial charge < -0.3 is 5.11 Å². The van der Waals surface area contributed by atoms with Crippen molar-refractivity contribution in [3.8, 4) is 11.4 Å². The number of tetrazole rings is 1. The number of aromatic nitrogens is 4. The molecule has 1 aromatic heterocycles. The Bertz CT molecular complexity index is 776. The zero-order chi connectivity index (χ0) is 15.5. The molecular weight excluding hydrogens is 290 g/mol. The first-order valence-corrected chi connectivity index (χ1v) is 6.60. The molecule has 0 aliphatic rings. The highest BCUT2D eigenvalue weighted by Gasteiger charge is 2.16. The van der Waals surface area contributed by atoms with E-state index in [1.54, 1.807) is 0 Å². The lowest BCUT2D eigenvalue weighted by molar-refractivity contribution is 0.140. The quantitative estimate of drug-likeness (QED) is 0.803. The zero-order valence-electron chi connectivity index (χ0n) is 11.4. The van der Waals surface area contributed by atoms with Gasteiger partial charge in [-0.05, 0) is 23.4 Å². The highest BCUT2D eigenvalue weighted by atomic mass is 19.1. The third-order valence-electron chi connectivity index (χ3n) is 3.14. The van der Waals surface area contributed by atoms with Crippen LogP contribution in [0, 0.1) is 11.6 Å². The van der Waals surface area contributed by atoms with Crippen LogP contribution in [0.5, 0.6) is 0 Å². The molecule has 0 amide bonds. The third-order valence-corrected chi connectivity index (χ3v) is 3.14. The predicted molar refractivity (Wildman–Crippen MR) is 74.6 cm³/mol. The van der Waals surface area contributed by atoms with E-state index < -0.39 is 17.7 Å². The first-order chi connectivity index (χ1) is 10.6. The molecule has 0 aliphatic heterocycles. The number of rotatable bonds is 4. The van der Waals surface area contributed by atoms with Gasteiger partial charge >= 0.3 is 0 Å².